The van der Waals surface area contributed by atoms with Crippen molar-refractivity contribution in [2.75, 3.05) is 31.1 Å². The third-order valence-corrected chi connectivity index (χ3v) is 5.36. The lowest BCUT2D eigenvalue weighted by atomic mass is 9.99. The van der Waals surface area contributed by atoms with E-state index in [9.17, 15) is 4.79 Å². The van der Waals surface area contributed by atoms with Gasteiger partial charge in [-0.3, -0.25) is 4.79 Å². The van der Waals surface area contributed by atoms with E-state index in [2.05, 4.69) is 17.1 Å². The van der Waals surface area contributed by atoms with Crippen LogP contribution in [0.3, 0.4) is 0 Å². The highest BCUT2D eigenvalue weighted by molar-refractivity contribution is 6.36. The molecule has 1 saturated heterocycles. The number of morpholine rings is 1. The van der Waals surface area contributed by atoms with E-state index in [0.717, 1.165) is 13.0 Å². The number of amides is 1. The van der Waals surface area contributed by atoms with E-state index in [1.165, 1.54) is 11.1 Å². The zero-order chi connectivity index (χ0) is 18.1. The van der Waals surface area contributed by atoms with Crippen LogP contribution in [0.25, 0.3) is 0 Å². The summed E-state index contributed by atoms with van der Waals surface area (Å²) < 4.78 is 5.77. The predicted octanol–water partition coefficient (Wildman–Crippen LogP) is 3.18. The highest BCUT2D eigenvalue weighted by Crippen LogP contribution is 2.28. The standard InChI is InChI=1S/C19H19Cl2N3O2/c20-15-9-16(21)18(22-10-15)23-7-8-26-17(12-23)19(25)24-6-5-13-3-1-2-4-14(13)11-24/h1-4,9-10,17H,5-8,11-12H2. The first-order valence-corrected chi connectivity index (χ1v) is 9.40. The molecule has 1 atom stereocenters. The molecule has 0 radical (unpaired) electrons. The maximum atomic E-state index is 13.0. The van der Waals surface area contributed by atoms with Gasteiger partial charge in [-0.2, -0.15) is 0 Å². The molecule has 0 spiro atoms. The molecule has 3 heterocycles. The predicted molar refractivity (Wildman–Crippen MR) is 102 cm³/mol. The van der Waals surface area contributed by atoms with Gasteiger partial charge in [0.15, 0.2) is 6.10 Å². The minimum Gasteiger partial charge on any atom is -0.365 e. The summed E-state index contributed by atoms with van der Waals surface area (Å²) in [4.78, 5) is 21.2. The third kappa shape index (κ3) is 3.52. The minimum atomic E-state index is -0.512. The number of ether oxygens (including phenoxy) is 1. The topological polar surface area (TPSA) is 45.7 Å². The molecule has 4 rings (SSSR count). The lowest BCUT2D eigenvalue weighted by Gasteiger charge is -2.37. The van der Waals surface area contributed by atoms with Crippen molar-refractivity contribution in [3.8, 4) is 0 Å². The molecular formula is C19H19Cl2N3O2. The summed E-state index contributed by atoms with van der Waals surface area (Å²) in [5.41, 5.74) is 2.53. The van der Waals surface area contributed by atoms with Gasteiger partial charge in [-0.25, -0.2) is 4.98 Å². The van der Waals surface area contributed by atoms with Crippen LogP contribution in [0.15, 0.2) is 36.5 Å². The number of hydrogen-bond donors (Lipinski definition) is 0. The largest absolute Gasteiger partial charge is 0.365 e. The van der Waals surface area contributed by atoms with Crippen LogP contribution < -0.4 is 4.90 Å². The second kappa shape index (κ2) is 7.43. The Bertz CT molecular complexity index is 830. The van der Waals surface area contributed by atoms with Gasteiger partial charge in [0.25, 0.3) is 5.91 Å². The Hall–Kier alpha value is -1.82. The first-order valence-electron chi connectivity index (χ1n) is 8.65. The molecule has 1 aromatic heterocycles. The van der Waals surface area contributed by atoms with E-state index in [1.54, 1.807) is 12.3 Å². The Kier molecular flexibility index (Phi) is 5.02. The number of aromatic nitrogens is 1. The number of carbonyl (C=O) groups is 1. The molecule has 2 aliphatic rings. The molecule has 1 fully saturated rings. The van der Waals surface area contributed by atoms with Crippen molar-refractivity contribution in [3.63, 3.8) is 0 Å². The van der Waals surface area contributed by atoms with Crippen molar-refractivity contribution in [2.45, 2.75) is 19.1 Å². The smallest absolute Gasteiger partial charge is 0.253 e. The Morgan fingerprint density at radius 1 is 1.19 bits per heavy atom. The number of anilines is 1. The molecule has 1 unspecified atom stereocenters. The van der Waals surface area contributed by atoms with Gasteiger partial charge in [0.1, 0.15) is 5.82 Å². The average molecular weight is 392 g/mol. The fraction of sp³-hybridized carbons (Fsp3) is 0.368. The van der Waals surface area contributed by atoms with E-state index >= 15 is 0 Å². The molecule has 0 aliphatic carbocycles. The summed E-state index contributed by atoms with van der Waals surface area (Å²) in [5, 5.41) is 0.976. The van der Waals surface area contributed by atoms with Gasteiger partial charge in [0.2, 0.25) is 0 Å². The second-order valence-electron chi connectivity index (χ2n) is 6.54. The van der Waals surface area contributed by atoms with Gasteiger partial charge >= 0.3 is 0 Å². The molecule has 1 aromatic carbocycles. The molecule has 2 aromatic rings. The molecule has 136 valence electrons. The van der Waals surface area contributed by atoms with Crippen LogP contribution in [0.4, 0.5) is 5.82 Å². The highest BCUT2D eigenvalue weighted by Gasteiger charge is 2.32. The van der Waals surface area contributed by atoms with Crippen molar-refractivity contribution in [1.82, 2.24) is 9.88 Å². The highest BCUT2D eigenvalue weighted by atomic mass is 35.5. The van der Waals surface area contributed by atoms with Gasteiger partial charge in [0, 0.05) is 25.8 Å². The van der Waals surface area contributed by atoms with Crippen molar-refractivity contribution < 1.29 is 9.53 Å². The fourth-order valence-corrected chi connectivity index (χ4v) is 4.02. The number of rotatable bonds is 2. The van der Waals surface area contributed by atoms with Crippen molar-refractivity contribution in [1.29, 1.82) is 0 Å². The van der Waals surface area contributed by atoms with Crippen LogP contribution in [-0.2, 0) is 22.5 Å². The third-order valence-electron chi connectivity index (χ3n) is 4.87. The fourth-order valence-electron chi connectivity index (χ4n) is 3.52. The van der Waals surface area contributed by atoms with Crippen LogP contribution in [0, 0.1) is 0 Å². The molecule has 5 nitrogen and oxygen atoms in total. The molecule has 26 heavy (non-hydrogen) atoms. The summed E-state index contributed by atoms with van der Waals surface area (Å²) in [5.74, 6) is 0.662. The lowest BCUT2D eigenvalue weighted by molar-refractivity contribution is -0.145. The Labute approximate surface area is 162 Å². The molecule has 7 heteroatoms. The molecule has 1 amide bonds. The van der Waals surface area contributed by atoms with Crippen LogP contribution in [-0.4, -0.2) is 48.1 Å². The van der Waals surface area contributed by atoms with E-state index in [4.69, 9.17) is 27.9 Å². The monoisotopic (exact) mass is 391 g/mol. The van der Waals surface area contributed by atoms with Gasteiger partial charge in [-0.05, 0) is 23.6 Å². The zero-order valence-electron chi connectivity index (χ0n) is 14.2. The van der Waals surface area contributed by atoms with E-state index in [-0.39, 0.29) is 5.91 Å². The molecule has 0 N–H and O–H groups in total. The van der Waals surface area contributed by atoms with Crippen molar-refractivity contribution in [2.24, 2.45) is 0 Å². The van der Waals surface area contributed by atoms with Crippen molar-refractivity contribution >= 4 is 34.9 Å². The van der Waals surface area contributed by atoms with E-state index < -0.39 is 6.10 Å². The normalized spacial score (nSPS) is 20.0. The second-order valence-corrected chi connectivity index (χ2v) is 7.39. The number of nitrogens with zero attached hydrogens (tertiary/aromatic N) is 3. The first-order chi connectivity index (χ1) is 12.6. The molecule has 0 saturated carbocycles. The van der Waals surface area contributed by atoms with Crippen LogP contribution in [0.1, 0.15) is 11.1 Å². The number of halogens is 2. The maximum Gasteiger partial charge on any atom is 0.253 e. The quantitative estimate of drug-likeness (QED) is 0.788. The van der Waals surface area contributed by atoms with Gasteiger partial charge in [0.05, 0.1) is 23.2 Å². The number of benzene rings is 1. The number of fused-ring (bicyclic) bond motifs is 1. The van der Waals surface area contributed by atoms with Gasteiger partial charge in [-0.1, -0.05) is 47.5 Å². The van der Waals surface area contributed by atoms with Gasteiger partial charge < -0.3 is 14.5 Å². The first kappa shape index (κ1) is 17.6. The summed E-state index contributed by atoms with van der Waals surface area (Å²) in [7, 11) is 0. The van der Waals surface area contributed by atoms with E-state index in [1.807, 2.05) is 21.9 Å². The SMILES string of the molecule is O=C(C1CN(c2ncc(Cl)cc2Cl)CCO1)N1CCc2ccccc2C1. The zero-order valence-corrected chi connectivity index (χ0v) is 15.7. The molecule has 2 aliphatic heterocycles. The summed E-state index contributed by atoms with van der Waals surface area (Å²) in [6.07, 6.45) is 1.93. The average Bonchev–Trinajstić information content (AvgIpc) is 2.67. The Morgan fingerprint density at radius 2 is 2.00 bits per heavy atom. The number of hydrogen-bond acceptors (Lipinski definition) is 4. The molecule has 0 bridgehead atoms. The minimum absolute atomic E-state index is 0.0225. The maximum absolute atomic E-state index is 13.0. The van der Waals surface area contributed by atoms with Crippen LogP contribution >= 0.6 is 23.2 Å². The van der Waals surface area contributed by atoms with Crippen molar-refractivity contribution in [3.05, 3.63) is 57.7 Å². The lowest BCUT2D eigenvalue weighted by Crippen LogP contribution is -2.52. The summed E-state index contributed by atoms with van der Waals surface area (Å²) >= 11 is 12.2. The summed E-state index contributed by atoms with van der Waals surface area (Å²) in [6, 6.07) is 9.94. The van der Waals surface area contributed by atoms with Crippen LogP contribution in [0.5, 0.6) is 0 Å². The summed E-state index contributed by atoms with van der Waals surface area (Å²) in [6.45, 7) is 2.89. The van der Waals surface area contributed by atoms with E-state index in [0.29, 0.717) is 42.1 Å². The Balaban J connectivity index is 1.47. The van der Waals surface area contributed by atoms with Gasteiger partial charge in [-0.15, -0.1) is 0 Å². The van der Waals surface area contributed by atoms with Crippen LogP contribution in [0.2, 0.25) is 10.0 Å². The number of pyridine rings is 1. The molecular weight excluding hydrogens is 373 g/mol. The number of carbonyl (C=O) groups excluding carboxylic acids is 1. The Morgan fingerprint density at radius 3 is 2.81 bits per heavy atom.